The molecule has 1 aliphatic heterocycles. The van der Waals surface area contributed by atoms with Crippen molar-refractivity contribution in [2.45, 2.75) is 204 Å². The number of alkyl halides is 1. The monoisotopic (exact) mass is 2030 g/mol. The molecule has 123 heavy (non-hydrogen) atoms. The Labute approximate surface area is 784 Å². The van der Waals surface area contributed by atoms with E-state index >= 15 is 0 Å². The SMILES string of the molecule is C=C(OCC)c1cc(C(C)C)cc(-c2csc3c(F)cccc23)n1.C=[C](OCC)[Sn]([CH2]CCC)([CH2]CCC)[CH2]CCC.CC(C)c1cc(C(=O)CBr)nc(-c2csc3c(F)cccc23)c1.CC(C)c1cc(Cl)nc(-c2csc3c(F)cccc23)c1.CC(C)c1cc(Cl)nc(Cl)c1.CC1(C)OB(c2csc3ccccc23)OC1(C)C.Clc1cc(Cl)nc(Cl)c1. The van der Waals surface area contributed by atoms with E-state index in [0.717, 1.165) is 89.9 Å². The minimum Gasteiger partial charge on any atom is -0.399 e. The van der Waals surface area contributed by atoms with Gasteiger partial charge < -0.3 is 14.0 Å². The van der Waals surface area contributed by atoms with E-state index < -0.39 is 18.4 Å². The summed E-state index contributed by atoms with van der Waals surface area (Å²) in [4.78, 5) is 33.2. The fourth-order valence-electron chi connectivity index (χ4n) is 13.4. The molecule has 0 N–H and O–H groups in total. The zero-order valence-electron chi connectivity index (χ0n) is 73.1. The number of rotatable bonds is 25. The molecule has 1 saturated heterocycles. The molecule has 0 radical (unpaired) electrons. The zero-order valence-corrected chi connectivity index (χ0v) is 85.3. The van der Waals surface area contributed by atoms with E-state index in [1.54, 1.807) is 29.5 Å². The molecular weight excluding hydrogens is 1920 g/mol. The Morgan fingerprint density at radius 1 is 0.463 bits per heavy atom. The molecule has 0 aliphatic carbocycles. The molecule has 0 amide bonds. The van der Waals surface area contributed by atoms with Crippen LogP contribution in [0.1, 0.15) is 218 Å². The Kier molecular flexibility index (Phi) is 40.3. The van der Waals surface area contributed by atoms with Gasteiger partial charge in [0.15, 0.2) is 5.78 Å². The van der Waals surface area contributed by atoms with Gasteiger partial charge in [-0.05, 0) is 176 Å². The number of ketones is 1. The first-order valence-corrected chi connectivity index (χ1v) is 55.9. The summed E-state index contributed by atoms with van der Waals surface area (Å²) in [6, 6.07) is 42.2. The fourth-order valence-corrected chi connectivity index (χ4v) is 33.6. The average molecular weight is 2030 g/mol. The number of carbonyl (C=O) groups is 1. The summed E-state index contributed by atoms with van der Waals surface area (Å²) >= 11 is 40.9. The number of hydrogen-bond acceptors (Lipinski definition) is 14. The van der Waals surface area contributed by atoms with Crippen molar-refractivity contribution in [1.29, 1.82) is 0 Å². The van der Waals surface area contributed by atoms with Crippen molar-refractivity contribution < 1.29 is 36.7 Å². The molecule has 0 bridgehead atoms. The molecule has 654 valence electrons. The van der Waals surface area contributed by atoms with Gasteiger partial charge in [0.05, 0.1) is 54.3 Å². The fraction of sp³-hybridized carbons (Fsp3) is 0.361. The molecule has 10 heterocycles. The standard InChI is InChI=1S/C20H20FNOS.C18H15BrFNOS.C16H13ClFNS.C14H17BO2S.C8H9Cl2N.C5H2Cl3N.C4H7O.3C4H9.Sn/c1-5-23-13(4)18-9-14(12(2)3)10-19(22-18)16-11-24-20-15(16)7-6-8-17(20)21;1-10(2)11-6-15(21-16(7-11)17(22)8-19)13-9-23-18-12(13)4-3-5-14(18)20;1-9(2)10-6-14(19-15(17)7-10)12-8-20-16-11(12)4-3-5-13(16)18;1-13(2)14(3,4)17-15(16-13)11-9-18-12-8-6-5-7-10(11)12;1-5(2)6-3-7(9)11-8(10)4-6;6-3-1-4(7)9-5(8)2-3;1-3-5-4-2;3*1-3-4-2;/h6-12H,4-5H2,1-3H3;3-7,9-10H,8H2,1-2H3;3-9H,1-2H3;5-9H,1-4H3;3-5H,1-2H3;1-2H;1,4H2,2H3;3*1,3-4H2,2H3;. The van der Waals surface area contributed by atoms with Crippen molar-refractivity contribution in [3.63, 3.8) is 0 Å². The van der Waals surface area contributed by atoms with Crippen molar-refractivity contribution in [1.82, 2.24) is 24.9 Å². The van der Waals surface area contributed by atoms with Gasteiger partial charge in [-0.25, -0.2) is 38.1 Å². The van der Waals surface area contributed by atoms with Crippen LogP contribution in [0.15, 0.2) is 178 Å². The predicted molar refractivity (Wildman–Crippen MR) is 532 cm³/mol. The molecular formula is C97H110BBrCl6F3N5O5S4Sn. The Balaban J connectivity index is 0.000000181. The Hall–Kier alpha value is -5.99. The molecule has 1 fully saturated rings. The number of fused-ring (bicyclic) bond motifs is 4. The van der Waals surface area contributed by atoms with E-state index in [-0.39, 0.29) is 52.8 Å². The molecule has 9 aromatic heterocycles. The summed E-state index contributed by atoms with van der Waals surface area (Å²) in [5, 5.41) is 14.6. The van der Waals surface area contributed by atoms with Crippen LogP contribution in [0.4, 0.5) is 13.2 Å². The van der Waals surface area contributed by atoms with Crippen LogP contribution < -0.4 is 5.46 Å². The second kappa shape index (κ2) is 48.4. The van der Waals surface area contributed by atoms with Crippen LogP contribution in [0, 0.1) is 17.5 Å². The molecule has 10 nitrogen and oxygen atoms in total. The minimum atomic E-state index is -2.24. The number of nitrogens with zero attached hydrogens (tertiary/aromatic N) is 5. The van der Waals surface area contributed by atoms with Gasteiger partial charge in [-0.2, -0.15) is 0 Å². The van der Waals surface area contributed by atoms with Gasteiger partial charge in [0.2, 0.25) is 0 Å². The summed E-state index contributed by atoms with van der Waals surface area (Å²) in [5.41, 5.74) is 11.3. The third-order valence-electron chi connectivity index (χ3n) is 21.1. The number of Topliss-reactive ketones (excluding diaryl/α,β-unsaturated/α-hetero) is 1. The smallest absolute Gasteiger partial charge is 0.399 e. The molecule has 13 aromatic rings. The van der Waals surface area contributed by atoms with Crippen LogP contribution >= 0.6 is 131 Å². The first-order valence-electron chi connectivity index (χ1n) is 41.5. The third-order valence-corrected chi connectivity index (χ3v) is 41.8. The van der Waals surface area contributed by atoms with Gasteiger partial charge in [-0.1, -0.05) is 202 Å². The summed E-state index contributed by atoms with van der Waals surface area (Å²) in [6.07, 6.45) is 8.10. The summed E-state index contributed by atoms with van der Waals surface area (Å²) < 4.78 is 74.2. The van der Waals surface area contributed by atoms with Crippen molar-refractivity contribution in [2.24, 2.45) is 0 Å². The van der Waals surface area contributed by atoms with Crippen molar-refractivity contribution in [2.75, 3.05) is 18.5 Å². The van der Waals surface area contributed by atoms with Gasteiger partial charge >= 0.3 is 127 Å². The Morgan fingerprint density at radius 3 is 1.21 bits per heavy atom. The number of benzene rings is 4. The maximum atomic E-state index is 14.0. The molecule has 0 unspecified atom stereocenters. The maximum absolute atomic E-state index is 14.0. The Morgan fingerprint density at radius 2 is 0.821 bits per heavy atom. The Bertz CT molecular complexity index is 5600. The maximum Gasteiger partial charge on any atom is 0.496 e. The van der Waals surface area contributed by atoms with Crippen molar-refractivity contribution in [3.05, 3.63) is 260 Å². The van der Waals surface area contributed by atoms with Crippen LogP contribution in [-0.4, -0.2) is 85.9 Å². The molecule has 0 atom stereocenters. The van der Waals surface area contributed by atoms with Gasteiger partial charge in [0.25, 0.3) is 0 Å². The molecule has 0 spiro atoms. The normalized spacial score (nSPS) is 12.7. The minimum absolute atomic E-state index is 0.0561. The number of thiophene rings is 4. The molecule has 4 aromatic carbocycles. The summed E-state index contributed by atoms with van der Waals surface area (Å²) in [5.74, 6) is 1.33. The first-order chi connectivity index (χ1) is 58.4. The van der Waals surface area contributed by atoms with Gasteiger partial charge in [-0.15, -0.1) is 45.3 Å². The summed E-state index contributed by atoms with van der Waals surface area (Å²) in [6.45, 7) is 45.8. The number of halogens is 10. The second-order valence-corrected chi connectivity index (χ2v) is 51.6. The first kappa shape index (κ1) is 102. The quantitative estimate of drug-likeness (QED) is 0.0180. The number of pyridine rings is 5. The largest absolute Gasteiger partial charge is 0.496 e. The van der Waals surface area contributed by atoms with Gasteiger partial charge in [0.1, 0.15) is 60.4 Å². The van der Waals surface area contributed by atoms with Crippen LogP contribution in [-0.2, 0) is 18.8 Å². The number of ether oxygens (including phenoxy) is 2. The van der Waals surface area contributed by atoms with E-state index in [9.17, 15) is 18.0 Å². The molecule has 14 rings (SSSR count). The van der Waals surface area contributed by atoms with E-state index in [0.29, 0.717) is 80.7 Å². The zero-order chi connectivity index (χ0) is 90.2. The van der Waals surface area contributed by atoms with E-state index in [1.165, 1.54) is 130 Å². The van der Waals surface area contributed by atoms with E-state index in [2.05, 4.69) is 196 Å². The van der Waals surface area contributed by atoms with E-state index in [4.69, 9.17) is 93.4 Å². The molecule has 26 heteroatoms. The molecule has 1 aliphatic rings. The number of hydrogen-bond donors (Lipinski definition) is 0. The summed E-state index contributed by atoms with van der Waals surface area (Å²) in [7, 11) is -0.258. The van der Waals surface area contributed by atoms with Gasteiger partial charge in [0, 0.05) is 64.2 Å². The predicted octanol–water partition coefficient (Wildman–Crippen LogP) is 33.6. The average Bonchev–Trinajstić information content (AvgIpc) is 1.61. The van der Waals surface area contributed by atoms with Crippen molar-refractivity contribution in [3.8, 4) is 33.8 Å². The van der Waals surface area contributed by atoms with Crippen LogP contribution in [0.3, 0.4) is 0 Å². The van der Waals surface area contributed by atoms with Crippen LogP contribution in [0.2, 0.25) is 44.1 Å². The van der Waals surface area contributed by atoms with Gasteiger partial charge in [-0.3, -0.25) is 4.79 Å². The number of unbranched alkanes of at least 4 members (excludes halogenated alkanes) is 3. The van der Waals surface area contributed by atoms with Crippen molar-refractivity contribution >= 4 is 214 Å². The van der Waals surface area contributed by atoms with E-state index in [1.807, 2.05) is 83.7 Å². The van der Waals surface area contributed by atoms with Crippen LogP contribution in [0.5, 0.6) is 0 Å². The second-order valence-electron chi connectivity index (χ2n) is 32.0. The third kappa shape index (κ3) is 28.3. The molecule has 0 saturated carbocycles. The number of aromatic nitrogens is 5. The number of carbonyl (C=O) groups excluding carboxylic acids is 1. The topological polar surface area (TPSA) is 118 Å². The van der Waals surface area contributed by atoms with Crippen LogP contribution in [0.25, 0.3) is 79.9 Å².